The van der Waals surface area contributed by atoms with Crippen molar-refractivity contribution in [3.63, 3.8) is 0 Å². The third kappa shape index (κ3) is 3.26. The molecule has 0 spiro atoms. The topological polar surface area (TPSA) is 61.7 Å². The Bertz CT molecular complexity index is 929. The fraction of sp³-hybridized carbons (Fsp3) is 0.500. The van der Waals surface area contributed by atoms with E-state index in [4.69, 9.17) is 14.2 Å². The number of ether oxygens (including phenoxy) is 3. The molecule has 6 heteroatoms. The molecule has 1 fully saturated rings. The standard InChI is InChI=1S/C22H28N2O4/c1-14-18(25)12-20(23-13-15-6-4-5-11-28-15)24-10-9-17-16(21(14)24)7-8-19(26-2)22(17)27-3/h7-8,12,15,23H,4-6,9-11,13H2,1-3H3. The summed E-state index contributed by atoms with van der Waals surface area (Å²) in [6.45, 7) is 4.23. The van der Waals surface area contributed by atoms with Gasteiger partial charge in [-0.25, -0.2) is 0 Å². The molecular weight excluding hydrogens is 356 g/mol. The van der Waals surface area contributed by atoms with Crippen LogP contribution in [0.4, 0.5) is 5.82 Å². The summed E-state index contributed by atoms with van der Waals surface area (Å²) in [4.78, 5) is 12.7. The molecule has 0 saturated carbocycles. The van der Waals surface area contributed by atoms with Gasteiger partial charge in [0.25, 0.3) is 0 Å². The number of anilines is 1. The number of rotatable bonds is 5. The number of pyridine rings is 1. The van der Waals surface area contributed by atoms with Crippen LogP contribution >= 0.6 is 0 Å². The summed E-state index contributed by atoms with van der Waals surface area (Å²) >= 11 is 0. The predicted molar refractivity (Wildman–Crippen MR) is 110 cm³/mol. The van der Waals surface area contributed by atoms with Crippen LogP contribution in [0.3, 0.4) is 0 Å². The predicted octanol–water partition coefficient (Wildman–Crippen LogP) is 3.38. The Labute approximate surface area is 165 Å². The van der Waals surface area contributed by atoms with Crippen LogP contribution in [0.2, 0.25) is 0 Å². The fourth-order valence-electron chi connectivity index (χ4n) is 4.35. The third-order valence-electron chi connectivity index (χ3n) is 5.83. The second kappa shape index (κ2) is 7.87. The van der Waals surface area contributed by atoms with Gasteiger partial charge in [0.15, 0.2) is 16.9 Å². The van der Waals surface area contributed by atoms with E-state index in [1.165, 1.54) is 6.42 Å². The second-order valence-corrected chi connectivity index (χ2v) is 7.47. The van der Waals surface area contributed by atoms with E-state index in [1.807, 2.05) is 19.1 Å². The van der Waals surface area contributed by atoms with E-state index in [0.29, 0.717) is 0 Å². The smallest absolute Gasteiger partial charge is 0.187 e. The van der Waals surface area contributed by atoms with Crippen LogP contribution in [0, 0.1) is 6.92 Å². The van der Waals surface area contributed by atoms with Gasteiger partial charge < -0.3 is 24.1 Å². The van der Waals surface area contributed by atoms with Crippen molar-refractivity contribution < 1.29 is 14.2 Å². The maximum Gasteiger partial charge on any atom is 0.187 e. The van der Waals surface area contributed by atoms with Crippen LogP contribution in [0.1, 0.15) is 30.4 Å². The summed E-state index contributed by atoms with van der Waals surface area (Å²) in [5.41, 5.74) is 3.89. The van der Waals surface area contributed by atoms with Gasteiger partial charge in [-0.3, -0.25) is 4.79 Å². The van der Waals surface area contributed by atoms with Crippen LogP contribution in [-0.2, 0) is 17.7 Å². The van der Waals surface area contributed by atoms with Gasteiger partial charge in [0.2, 0.25) is 0 Å². The van der Waals surface area contributed by atoms with E-state index < -0.39 is 0 Å². The largest absolute Gasteiger partial charge is 0.493 e. The lowest BCUT2D eigenvalue weighted by Crippen LogP contribution is -2.30. The van der Waals surface area contributed by atoms with Crippen molar-refractivity contribution in [3.8, 4) is 22.8 Å². The normalized spacial score (nSPS) is 18.2. The zero-order chi connectivity index (χ0) is 19.7. The van der Waals surface area contributed by atoms with E-state index in [2.05, 4.69) is 9.88 Å². The molecule has 4 rings (SSSR count). The molecule has 150 valence electrons. The van der Waals surface area contributed by atoms with Crippen molar-refractivity contribution in [1.29, 1.82) is 0 Å². The molecule has 1 saturated heterocycles. The van der Waals surface area contributed by atoms with Gasteiger partial charge in [-0.2, -0.15) is 0 Å². The molecule has 1 aromatic carbocycles. The van der Waals surface area contributed by atoms with E-state index in [9.17, 15) is 4.79 Å². The Morgan fingerprint density at radius 2 is 2.11 bits per heavy atom. The molecule has 0 aliphatic carbocycles. The molecule has 1 atom stereocenters. The highest BCUT2D eigenvalue weighted by molar-refractivity contribution is 5.75. The highest BCUT2D eigenvalue weighted by Gasteiger charge is 2.26. The minimum Gasteiger partial charge on any atom is -0.493 e. The quantitative estimate of drug-likeness (QED) is 0.856. The lowest BCUT2D eigenvalue weighted by Gasteiger charge is -2.30. The zero-order valence-corrected chi connectivity index (χ0v) is 16.8. The second-order valence-electron chi connectivity index (χ2n) is 7.47. The summed E-state index contributed by atoms with van der Waals surface area (Å²) < 4.78 is 19.1. The summed E-state index contributed by atoms with van der Waals surface area (Å²) in [5.74, 6) is 2.34. The number of nitrogens with one attached hydrogen (secondary N) is 1. The van der Waals surface area contributed by atoms with Gasteiger partial charge in [0, 0.05) is 42.5 Å². The highest BCUT2D eigenvalue weighted by atomic mass is 16.5. The van der Waals surface area contributed by atoms with Gasteiger partial charge in [-0.1, -0.05) is 0 Å². The average molecular weight is 384 g/mol. The summed E-state index contributed by atoms with van der Waals surface area (Å²) in [7, 11) is 3.31. The van der Waals surface area contributed by atoms with Crippen molar-refractivity contribution in [2.45, 2.75) is 45.3 Å². The first-order chi connectivity index (χ1) is 13.6. The van der Waals surface area contributed by atoms with Crippen molar-refractivity contribution in [3.05, 3.63) is 39.5 Å². The molecule has 1 aromatic heterocycles. The molecule has 0 amide bonds. The first-order valence-electron chi connectivity index (χ1n) is 9.98. The first-order valence-corrected chi connectivity index (χ1v) is 9.98. The summed E-state index contributed by atoms with van der Waals surface area (Å²) in [5, 5.41) is 3.47. The first kappa shape index (κ1) is 18.9. The lowest BCUT2D eigenvalue weighted by atomic mass is 9.93. The van der Waals surface area contributed by atoms with Crippen LogP contribution in [0.15, 0.2) is 23.0 Å². The van der Waals surface area contributed by atoms with Crippen LogP contribution < -0.4 is 20.2 Å². The number of nitrogens with zero attached hydrogens (tertiary/aromatic N) is 1. The number of methoxy groups -OCH3 is 2. The molecule has 1 unspecified atom stereocenters. The molecule has 6 nitrogen and oxygen atoms in total. The maximum atomic E-state index is 12.7. The Morgan fingerprint density at radius 3 is 2.82 bits per heavy atom. The Kier molecular flexibility index (Phi) is 5.31. The maximum absolute atomic E-state index is 12.7. The number of fused-ring (bicyclic) bond motifs is 3. The number of benzene rings is 1. The molecule has 0 radical (unpaired) electrons. The fourth-order valence-corrected chi connectivity index (χ4v) is 4.35. The molecule has 2 aliphatic rings. The molecular formula is C22H28N2O4. The van der Waals surface area contributed by atoms with Crippen molar-refractivity contribution in [2.75, 3.05) is 32.7 Å². The third-order valence-corrected chi connectivity index (χ3v) is 5.83. The van der Waals surface area contributed by atoms with Crippen LogP contribution in [0.5, 0.6) is 11.5 Å². The minimum atomic E-state index is 0.0425. The van der Waals surface area contributed by atoms with E-state index in [-0.39, 0.29) is 11.5 Å². The van der Waals surface area contributed by atoms with Gasteiger partial charge in [-0.05, 0) is 44.7 Å². The zero-order valence-electron chi connectivity index (χ0n) is 16.8. The SMILES string of the molecule is COc1ccc2c(c1OC)CCn1c(NCC3CCCCO3)cc(=O)c(C)c1-2. The Hall–Kier alpha value is -2.47. The molecule has 2 aromatic rings. The molecule has 28 heavy (non-hydrogen) atoms. The average Bonchev–Trinajstić information content (AvgIpc) is 2.74. The molecule has 3 heterocycles. The molecule has 2 aliphatic heterocycles. The number of aromatic nitrogens is 1. The van der Waals surface area contributed by atoms with Crippen molar-refractivity contribution in [2.24, 2.45) is 0 Å². The Balaban J connectivity index is 1.75. The molecule has 0 bridgehead atoms. The van der Waals surface area contributed by atoms with Crippen LogP contribution in [0.25, 0.3) is 11.3 Å². The summed E-state index contributed by atoms with van der Waals surface area (Å²) in [6.07, 6.45) is 4.43. The van der Waals surface area contributed by atoms with Crippen LogP contribution in [-0.4, -0.2) is 38.0 Å². The van der Waals surface area contributed by atoms with Gasteiger partial charge in [0.05, 0.1) is 26.0 Å². The Morgan fingerprint density at radius 1 is 1.25 bits per heavy atom. The number of hydrogen-bond donors (Lipinski definition) is 1. The summed E-state index contributed by atoms with van der Waals surface area (Å²) in [6, 6.07) is 5.66. The van der Waals surface area contributed by atoms with Crippen molar-refractivity contribution >= 4 is 5.82 Å². The van der Waals surface area contributed by atoms with Crippen molar-refractivity contribution in [1.82, 2.24) is 4.57 Å². The van der Waals surface area contributed by atoms with Gasteiger partial charge in [0.1, 0.15) is 5.82 Å². The van der Waals surface area contributed by atoms with E-state index in [1.54, 1.807) is 20.3 Å². The van der Waals surface area contributed by atoms with E-state index in [0.717, 1.165) is 78.7 Å². The number of hydrogen-bond acceptors (Lipinski definition) is 5. The van der Waals surface area contributed by atoms with Gasteiger partial charge in [-0.15, -0.1) is 0 Å². The van der Waals surface area contributed by atoms with Gasteiger partial charge >= 0.3 is 0 Å². The lowest BCUT2D eigenvalue weighted by molar-refractivity contribution is 0.0247. The highest BCUT2D eigenvalue weighted by Crippen LogP contribution is 2.42. The minimum absolute atomic E-state index is 0.0425. The van der Waals surface area contributed by atoms with E-state index >= 15 is 0 Å². The monoisotopic (exact) mass is 384 g/mol. The molecule has 1 N–H and O–H groups in total.